The van der Waals surface area contributed by atoms with Gasteiger partial charge in [-0.25, -0.2) is 0 Å². The third kappa shape index (κ3) is 1.60. The number of halogens is 1. The van der Waals surface area contributed by atoms with E-state index in [1.165, 1.54) is 18.4 Å². The second-order valence-corrected chi connectivity index (χ2v) is 4.38. The van der Waals surface area contributed by atoms with Gasteiger partial charge in [0, 0.05) is 12.0 Å². The van der Waals surface area contributed by atoms with Gasteiger partial charge in [-0.05, 0) is 37.6 Å². The molecule has 0 atom stereocenters. The number of aromatic hydroxyl groups is 1. The molecule has 2 nitrogen and oxygen atoms in total. The molecule has 1 aromatic carbocycles. The van der Waals surface area contributed by atoms with Crippen LogP contribution in [0.25, 0.3) is 0 Å². The first-order valence-corrected chi connectivity index (χ1v) is 5.19. The van der Waals surface area contributed by atoms with Gasteiger partial charge < -0.3 is 10.4 Å². The summed E-state index contributed by atoms with van der Waals surface area (Å²) in [6.07, 6.45) is 2.38. The van der Waals surface area contributed by atoms with Crippen LogP contribution in [0, 0.1) is 0 Å². The predicted octanol–water partition coefficient (Wildman–Crippen LogP) is 2.30. The maximum atomic E-state index is 9.51. The van der Waals surface area contributed by atoms with Crippen LogP contribution in [-0.2, 0) is 5.41 Å². The molecule has 0 aromatic heterocycles. The van der Waals surface area contributed by atoms with E-state index in [2.05, 4.69) is 5.32 Å². The summed E-state index contributed by atoms with van der Waals surface area (Å²) in [5.74, 6) is 0.187. The summed E-state index contributed by atoms with van der Waals surface area (Å²) >= 11 is 5.76. The SMILES string of the molecule is CNCC1(c2ccc(Cl)c(O)c2)CC1. The number of rotatable bonds is 3. The van der Waals surface area contributed by atoms with E-state index in [-0.39, 0.29) is 11.2 Å². The van der Waals surface area contributed by atoms with Crippen LogP contribution >= 0.6 is 11.6 Å². The normalized spacial score (nSPS) is 18.1. The number of hydrogen-bond acceptors (Lipinski definition) is 2. The third-order valence-electron chi connectivity index (χ3n) is 2.93. The van der Waals surface area contributed by atoms with Crippen LogP contribution in [0.2, 0.25) is 5.02 Å². The maximum Gasteiger partial charge on any atom is 0.134 e. The molecule has 0 saturated heterocycles. The monoisotopic (exact) mass is 211 g/mol. The van der Waals surface area contributed by atoms with Gasteiger partial charge in [-0.15, -0.1) is 0 Å². The lowest BCUT2D eigenvalue weighted by atomic mass is 9.96. The lowest BCUT2D eigenvalue weighted by molar-refractivity contribution is 0.473. The van der Waals surface area contributed by atoms with Crippen molar-refractivity contribution in [2.24, 2.45) is 0 Å². The number of hydrogen-bond donors (Lipinski definition) is 2. The molecule has 1 aliphatic carbocycles. The molecular formula is C11H14ClNO. The minimum Gasteiger partial charge on any atom is -0.506 e. The summed E-state index contributed by atoms with van der Waals surface area (Å²) < 4.78 is 0. The van der Waals surface area contributed by atoms with Gasteiger partial charge in [0.05, 0.1) is 5.02 Å². The van der Waals surface area contributed by atoms with Gasteiger partial charge in [-0.1, -0.05) is 17.7 Å². The van der Waals surface area contributed by atoms with Crippen molar-refractivity contribution in [2.75, 3.05) is 13.6 Å². The van der Waals surface area contributed by atoms with E-state index in [0.29, 0.717) is 5.02 Å². The van der Waals surface area contributed by atoms with Gasteiger partial charge in [0.15, 0.2) is 0 Å². The fraction of sp³-hybridized carbons (Fsp3) is 0.455. The van der Waals surface area contributed by atoms with Crippen molar-refractivity contribution in [2.45, 2.75) is 18.3 Å². The van der Waals surface area contributed by atoms with Crippen molar-refractivity contribution in [3.63, 3.8) is 0 Å². The van der Waals surface area contributed by atoms with Crippen molar-refractivity contribution in [3.05, 3.63) is 28.8 Å². The topological polar surface area (TPSA) is 32.3 Å². The van der Waals surface area contributed by atoms with Crippen LogP contribution in [-0.4, -0.2) is 18.7 Å². The smallest absolute Gasteiger partial charge is 0.134 e. The summed E-state index contributed by atoms with van der Waals surface area (Å²) in [4.78, 5) is 0. The molecule has 1 aliphatic rings. The van der Waals surface area contributed by atoms with Crippen LogP contribution < -0.4 is 5.32 Å². The molecular weight excluding hydrogens is 198 g/mol. The fourth-order valence-electron chi connectivity index (χ4n) is 1.90. The number of benzene rings is 1. The highest BCUT2D eigenvalue weighted by Gasteiger charge is 2.43. The molecule has 0 spiro atoms. The highest BCUT2D eigenvalue weighted by molar-refractivity contribution is 6.32. The largest absolute Gasteiger partial charge is 0.506 e. The molecule has 0 bridgehead atoms. The Hall–Kier alpha value is -0.730. The van der Waals surface area contributed by atoms with Crippen molar-refractivity contribution in [3.8, 4) is 5.75 Å². The lowest BCUT2D eigenvalue weighted by Crippen LogP contribution is -2.23. The van der Waals surface area contributed by atoms with Gasteiger partial charge in [-0.2, -0.15) is 0 Å². The molecule has 0 aliphatic heterocycles. The predicted molar refractivity (Wildman–Crippen MR) is 58.0 cm³/mol. The highest BCUT2D eigenvalue weighted by Crippen LogP contribution is 2.48. The zero-order valence-electron chi connectivity index (χ0n) is 8.18. The minimum absolute atomic E-state index is 0.187. The van der Waals surface area contributed by atoms with Gasteiger partial charge >= 0.3 is 0 Å². The Labute approximate surface area is 88.9 Å². The zero-order valence-corrected chi connectivity index (χ0v) is 8.93. The minimum atomic E-state index is 0.187. The molecule has 14 heavy (non-hydrogen) atoms. The summed E-state index contributed by atoms with van der Waals surface area (Å²) in [6, 6.07) is 5.56. The molecule has 3 heteroatoms. The first-order valence-electron chi connectivity index (χ1n) is 4.81. The van der Waals surface area contributed by atoms with Gasteiger partial charge in [0.2, 0.25) is 0 Å². The first kappa shape index (κ1) is 9.81. The summed E-state index contributed by atoms with van der Waals surface area (Å²) in [6.45, 7) is 0.966. The van der Waals surface area contributed by atoms with E-state index >= 15 is 0 Å². The van der Waals surface area contributed by atoms with Crippen molar-refractivity contribution in [1.82, 2.24) is 5.32 Å². The second-order valence-electron chi connectivity index (χ2n) is 3.98. The lowest BCUT2D eigenvalue weighted by Gasteiger charge is -2.15. The molecule has 0 unspecified atom stereocenters. The van der Waals surface area contributed by atoms with E-state index in [0.717, 1.165) is 6.54 Å². The Morgan fingerprint density at radius 2 is 2.21 bits per heavy atom. The standard InChI is InChI=1S/C11H14ClNO/c1-13-7-11(4-5-11)8-2-3-9(12)10(14)6-8/h2-3,6,13-14H,4-5,7H2,1H3. The first-order chi connectivity index (χ1) is 6.68. The highest BCUT2D eigenvalue weighted by atomic mass is 35.5. The van der Waals surface area contributed by atoms with E-state index in [9.17, 15) is 5.11 Å². The van der Waals surface area contributed by atoms with Crippen LogP contribution in [0.5, 0.6) is 5.75 Å². The van der Waals surface area contributed by atoms with Crippen molar-refractivity contribution < 1.29 is 5.11 Å². The molecule has 1 fully saturated rings. The summed E-state index contributed by atoms with van der Waals surface area (Å²) in [5, 5.41) is 13.1. The average Bonchev–Trinajstić information content (AvgIpc) is 2.91. The Morgan fingerprint density at radius 1 is 1.50 bits per heavy atom. The van der Waals surface area contributed by atoms with Crippen LogP contribution in [0.4, 0.5) is 0 Å². The van der Waals surface area contributed by atoms with E-state index in [1.807, 2.05) is 13.1 Å². The van der Waals surface area contributed by atoms with E-state index in [4.69, 9.17) is 11.6 Å². The molecule has 2 rings (SSSR count). The average molecular weight is 212 g/mol. The molecule has 0 heterocycles. The van der Waals surface area contributed by atoms with Crippen LogP contribution in [0.3, 0.4) is 0 Å². The Bertz CT molecular complexity index is 347. The van der Waals surface area contributed by atoms with Gasteiger partial charge in [0.1, 0.15) is 5.75 Å². The molecule has 1 aromatic rings. The zero-order chi connectivity index (χ0) is 10.2. The second kappa shape index (κ2) is 3.44. The fourth-order valence-corrected chi connectivity index (χ4v) is 2.02. The number of phenolic OH excluding ortho intramolecular Hbond substituents is 1. The molecule has 76 valence electrons. The number of nitrogens with one attached hydrogen (secondary N) is 1. The summed E-state index contributed by atoms with van der Waals surface area (Å²) in [7, 11) is 1.95. The third-order valence-corrected chi connectivity index (χ3v) is 3.25. The van der Waals surface area contributed by atoms with E-state index < -0.39 is 0 Å². The molecule has 0 amide bonds. The molecule has 0 radical (unpaired) electrons. The van der Waals surface area contributed by atoms with Crippen molar-refractivity contribution >= 4 is 11.6 Å². The molecule has 2 N–H and O–H groups in total. The molecule has 1 saturated carbocycles. The Kier molecular flexibility index (Phi) is 2.41. The Morgan fingerprint density at radius 3 is 2.71 bits per heavy atom. The Balaban J connectivity index is 2.28. The van der Waals surface area contributed by atoms with Crippen LogP contribution in [0.15, 0.2) is 18.2 Å². The quantitative estimate of drug-likeness (QED) is 0.804. The van der Waals surface area contributed by atoms with Gasteiger partial charge in [-0.3, -0.25) is 0 Å². The van der Waals surface area contributed by atoms with E-state index in [1.54, 1.807) is 12.1 Å². The van der Waals surface area contributed by atoms with Crippen LogP contribution in [0.1, 0.15) is 18.4 Å². The maximum absolute atomic E-state index is 9.51. The van der Waals surface area contributed by atoms with Gasteiger partial charge in [0.25, 0.3) is 0 Å². The number of phenols is 1. The number of likely N-dealkylation sites (N-methyl/N-ethyl adjacent to an activating group) is 1. The summed E-state index contributed by atoms with van der Waals surface area (Å²) in [5.41, 5.74) is 1.44. The van der Waals surface area contributed by atoms with Crippen molar-refractivity contribution in [1.29, 1.82) is 0 Å².